The quantitative estimate of drug-likeness (QED) is 0.686. The molecule has 0 atom stereocenters. The molecule has 1 aromatic heterocycles. The van der Waals surface area contributed by atoms with Crippen molar-refractivity contribution in [3.63, 3.8) is 0 Å². The van der Waals surface area contributed by atoms with Gasteiger partial charge in [-0.25, -0.2) is 0 Å². The Kier molecular flexibility index (Phi) is 1.74. The molecule has 0 saturated carbocycles. The maximum atomic E-state index is 9.28. The van der Waals surface area contributed by atoms with E-state index in [1.54, 1.807) is 23.5 Å². The maximum absolute atomic E-state index is 9.28. The van der Waals surface area contributed by atoms with Gasteiger partial charge >= 0.3 is 0 Å². The van der Waals surface area contributed by atoms with E-state index in [1.165, 1.54) is 0 Å². The molecule has 3 heteroatoms. The molecule has 0 aliphatic rings. The van der Waals surface area contributed by atoms with Gasteiger partial charge in [-0.3, -0.25) is 0 Å². The molecule has 2 rings (SSSR count). The number of aromatic hydroxyl groups is 1. The summed E-state index contributed by atoms with van der Waals surface area (Å²) in [6, 6.07) is 5.34. The van der Waals surface area contributed by atoms with Gasteiger partial charge in [-0.1, -0.05) is 11.6 Å². The molecule has 62 valence electrons. The number of thiophene rings is 1. The Bertz CT molecular complexity index is 433. The van der Waals surface area contributed by atoms with E-state index in [0.29, 0.717) is 5.75 Å². The van der Waals surface area contributed by atoms with Crippen molar-refractivity contribution in [1.29, 1.82) is 0 Å². The molecule has 1 aromatic carbocycles. The molecule has 2 aromatic rings. The highest BCUT2D eigenvalue weighted by Crippen LogP contribution is 2.34. The molecule has 0 amide bonds. The average Bonchev–Trinajstić information content (AvgIpc) is 2.29. The molecule has 0 spiro atoms. The second-order valence-electron chi connectivity index (χ2n) is 2.73. The Morgan fingerprint density at radius 1 is 1.33 bits per heavy atom. The van der Waals surface area contributed by atoms with Crippen LogP contribution in [0.1, 0.15) is 5.56 Å². The summed E-state index contributed by atoms with van der Waals surface area (Å²) in [5.41, 5.74) is 1.07. The third kappa shape index (κ3) is 1.17. The number of fused-ring (bicyclic) bond motifs is 1. The van der Waals surface area contributed by atoms with E-state index in [2.05, 4.69) is 0 Å². The van der Waals surface area contributed by atoms with Gasteiger partial charge < -0.3 is 5.11 Å². The Hall–Kier alpha value is -0.730. The smallest absolute Gasteiger partial charge is 0.116 e. The summed E-state index contributed by atoms with van der Waals surface area (Å²) in [6.07, 6.45) is 0. The van der Waals surface area contributed by atoms with Crippen molar-refractivity contribution in [2.24, 2.45) is 0 Å². The number of phenolic OH excluding ortho intramolecular Hbond substituents is 1. The lowest BCUT2D eigenvalue weighted by Crippen LogP contribution is -1.71. The van der Waals surface area contributed by atoms with Crippen LogP contribution in [0.4, 0.5) is 0 Å². The van der Waals surface area contributed by atoms with Crippen LogP contribution in [-0.4, -0.2) is 5.11 Å². The Morgan fingerprint density at radius 3 is 2.83 bits per heavy atom. The van der Waals surface area contributed by atoms with Crippen LogP contribution >= 0.6 is 22.9 Å². The first-order chi connectivity index (χ1) is 5.66. The van der Waals surface area contributed by atoms with E-state index in [9.17, 15) is 5.11 Å². The summed E-state index contributed by atoms with van der Waals surface area (Å²) in [5.74, 6) is 0.300. The van der Waals surface area contributed by atoms with Gasteiger partial charge in [-0.2, -0.15) is 0 Å². The highest BCUT2D eigenvalue weighted by molar-refractivity contribution is 7.22. The lowest BCUT2D eigenvalue weighted by molar-refractivity contribution is 0.476. The molecule has 1 heterocycles. The fraction of sp³-hybridized carbons (Fsp3) is 0.111. The summed E-state index contributed by atoms with van der Waals surface area (Å²) < 4.78 is 1.91. The zero-order chi connectivity index (χ0) is 8.72. The summed E-state index contributed by atoms with van der Waals surface area (Å²) in [6.45, 7) is 1.97. The first-order valence-electron chi connectivity index (χ1n) is 3.55. The van der Waals surface area contributed by atoms with Crippen LogP contribution in [0.25, 0.3) is 10.1 Å². The van der Waals surface area contributed by atoms with Crippen LogP contribution in [0.3, 0.4) is 0 Å². The van der Waals surface area contributed by atoms with Crippen molar-refractivity contribution in [1.82, 2.24) is 0 Å². The van der Waals surface area contributed by atoms with Gasteiger partial charge in [-0.05, 0) is 36.1 Å². The summed E-state index contributed by atoms with van der Waals surface area (Å²) in [7, 11) is 0. The van der Waals surface area contributed by atoms with Gasteiger partial charge in [0.25, 0.3) is 0 Å². The number of rotatable bonds is 0. The molecule has 0 aliphatic carbocycles. The SMILES string of the molecule is Cc1cc(O)cc2cc(Cl)sc12. The normalized spacial score (nSPS) is 10.8. The second-order valence-corrected chi connectivity index (χ2v) is 4.42. The van der Waals surface area contributed by atoms with Crippen LogP contribution < -0.4 is 0 Å². The number of hydrogen-bond acceptors (Lipinski definition) is 2. The molecule has 0 fully saturated rings. The minimum absolute atomic E-state index is 0.300. The van der Waals surface area contributed by atoms with Crippen LogP contribution in [0, 0.1) is 6.92 Å². The van der Waals surface area contributed by atoms with Crippen molar-refractivity contribution in [3.05, 3.63) is 28.1 Å². The van der Waals surface area contributed by atoms with Gasteiger partial charge in [0.15, 0.2) is 0 Å². The lowest BCUT2D eigenvalue weighted by Gasteiger charge is -1.96. The molecular weight excluding hydrogens is 192 g/mol. The van der Waals surface area contributed by atoms with Crippen molar-refractivity contribution in [2.75, 3.05) is 0 Å². The van der Waals surface area contributed by atoms with E-state index in [-0.39, 0.29) is 0 Å². The number of halogens is 1. The van der Waals surface area contributed by atoms with E-state index < -0.39 is 0 Å². The van der Waals surface area contributed by atoms with Crippen molar-refractivity contribution in [2.45, 2.75) is 6.92 Å². The number of aryl methyl sites for hydroxylation is 1. The second kappa shape index (κ2) is 2.64. The molecule has 0 bridgehead atoms. The van der Waals surface area contributed by atoms with Crippen molar-refractivity contribution in [3.8, 4) is 5.75 Å². The Balaban J connectivity index is 2.88. The number of phenols is 1. The first kappa shape index (κ1) is 7.90. The monoisotopic (exact) mass is 198 g/mol. The van der Waals surface area contributed by atoms with Crippen LogP contribution in [0.15, 0.2) is 18.2 Å². The fourth-order valence-electron chi connectivity index (χ4n) is 1.28. The average molecular weight is 199 g/mol. The zero-order valence-corrected chi connectivity index (χ0v) is 8.04. The molecule has 0 unspecified atom stereocenters. The van der Waals surface area contributed by atoms with Crippen LogP contribution in [0.5, 0.6) is 5.75 Å². The first-order valence-corrected chi connectivity index (χ1v) is 4.75. The molecule has 12 heavy (non-hydrogen) atoms. The van der Waals surface area contributed by atoms with Gasteiger partial charge in [0.1, 0.15) is 5.75 Å². The molecule has 0 radical (unpaired) electrons. The molecular formula is C9H7ClOS. The van der Waals surface area contributed by atoms with Crippen LogP contribution in [0.2, 0.25) is 4.34 Å². The predicted molar refractivity (Wildman–Crippen MR) is 53.2 cm³/mol. The predicted octanol–water partition coefficient (Wildman–Crippen LogP) is 3.57. The highest BCUT2D eigenvalue weighted by Gasteiger charge is 2.03. The topological polar surface area (TPSA) is 20.2 Å². The van der Waals surface area contributed by atoms with Gasteiger partial charge in [0, 0.05) is 4.70 Å². The Labute approximate surface area is 79.2 Å². The van der Waals surface area contributed by atoms with Crippen LogP contribution in [-0.2, 0) is 0 Å². The molecule has 0 saturated heterocycles. The minimum Gasteiger partial charge on any atom is -0.508 e. The third-order valence-corrected chi connectivity index (χ3v) is 3.17. The zero-order valence-electron chi connectivity index (χ0n) is 6.47. The van der Waals surface area contributed by atoms with E-state index in [0.717, 1.165) is 20.0 Å². The van der Waals surface area contributed by atoms with Gasteiger partial charge in [0.05, 0.1) is 4.34 Å². The Morgan fingerprint density at radius 2 is 2.08 bits per heavy atom. The minimum atomic E-state index is 0.300. The number of benzene rings is 1. The third-order valence-electron chi connectivity index (χ3n) is 1.76. The number of hydrogen-bond donors (Lipinski definition) is 1. The fourth-order valence-corrected chi connectivity index (χ4v) is 2.46. The molecule has 0 aliphatic heterocycles. The molecule has 1 nitrogen and oxygen atoms in total. The van der Waals surface area contributed by atoms with Gasteiger partial charge in [0.2, 0.25) is 0 Å². The van der Waals surface area contributed by atoms with E-state index in [4.69, 9.17) is 11.6 Å². The highest BCUT2D eigenvalue weighted by atomic mass is 35.5. The van der Waals surface area contributed by atoms with Gasteiger partial charge in [-0.15, -0.1) is 11.3 Å². The van der Waals surface area contributed by atoms with E-state index >= 15 is 0 Å². The van der Waals surface area contributed by atoms with Crippen molar-refractivity contribution >= 4 is 33.0 Å². The van der Waals surface area contributed by atoms with E-state index in [1.807, 2.05) is 13.0 Å². The summed E-state index contributed by atoms with van der Waals surface area (Å²) in [4.78, 5) is 0. The maximum Gasteiger partial charge on any atom is 0.116 e. The standard InChI is InChI=1S/C9H7ClOS/c1-5-2-7(11)3-6-4-8(10)12-9(5)6/h2-4,11H,1H3. The van der Waals surface area contributed by atoms with Crippen molar-refractivity contribution < 1.29 is 5.11 Å². The summed E-state index contributed by atoms with van der Waals surface area (Å²) in [5, 5.41) is 10.3. The largest absolute Gasteiger partial charge is 0.508 e. The molecule has 1 N–H and O–H groups in total. The summed E-state index contributed by atoms with van der Waals surface area (Å²) >= 11 is 7.39. The lowest BCUT2D eigenvalue weighted by atomic mass is 10.2.